The number of benzene rings is 5. The quantitative estimate of drug-likeness (QED) is 0.103. The maximum Gasteiger partial charge on any atom is 0.129 e. The van der Waals surface area contributed by atoms with Gasteiger partial charge in [0.15, 0.2) is 0 Å². The topological polar surface area (TPSA) is 25.8 Å². The molecule has 162 valence electrons. The molecule has 0 saturated heterocycles. The van der Waals surface area contributed by atoms with E-state index in [1.165, 1.54) is 32.5 Å². The highest BCUT2D eigenvalue weighted by atomic mass is 28.3. The second kappa shape index (κ2) is 7.29. The lowest BCUT2D eigenvalue weighted by molar-refractivity contribution is 1.27. The van der Waals surface area contributed by atoms with Crippen LogP contribution < -0.4 is 0 Å². The van der Waals surface area contributed by atoms with Gasteiger partial charge in [0.05, 0.1) is 11.0 Å². The van der Waals surface area contributed by atoms with Crippen LogP contribution in [0, 0.1) is 30.2 Å². The molecule has 0 saturated carbocycles. The Morgan fingerprint density at radius 3 is 1.74 bits per heavy atom. The van der Waals surface area contributed by atoms with Crippen molar-refractivity contribution in [3.63, 3.8) is 0 Å². The van der Waals surface area contributed by atoms with Gasteiger partial charge in [-0.2, -0.15) is 0 Å². The molecule has 2 nitrogen and oxygen atoms in total. The monoisotopic (exact) mass is 452 g/mol. The summed E-state index contributed by atoms with van der Waals surface area (Å²) in [6.45, 7) is 10.9. The molecule has 6 aromatic rings. The SMILES string of the molecule is CC#Cc1ccc2c(c1)c1cc(C)cc3c4cc(C#C[Si](C)(C)C)ccc4c4ncnc2c4c13. The van der Waals surface area contributed by atoms with Gasteiger partial charge < -0.3 is 0 Å². The number of rotatable bonds is 0. The average molecular weight is 453 g/mol. The zero-order valence-electron chi connectivity index (χ0n) is 20.1. The molecular formula is C31H24N2Si. The van der Waals surface area contributed by atoms with E-state index in [9.17, 15) is 0 Å². The van der Waals surface area contributed by atoms with Crippen LogP contribution in [-0.2, 0) is 0 Å². The van der Waals surface area contributed by atoms with Crippen LogP contribution in [0.1, 0.15) is 23.6 Å². The first-order valence-corrected chi connectivity index (χ1v) is 15.1. The molecule has 0 radical (unpaired) electrons. The number of hydrogen-bond donors (Lipinski definition) is 0. The Hall–Kier alpha value is -3.92. The predicted molar refractivity (Wildman–Crippen MR) is 148 cm³/mol. The lowest BCUT2D eigenvalue weighted by Crippen LogP contribution is -2.16. The summed E-state index contributed by atoms with van der Waals surface area (Å²) in [5.74, 6) is 9.70. The molecule has 34 heavy (non-hydrogen) atoms. The summed E-state index contributed by atoms with van der Waals surface area (Å²) < 4.78 is 0. The van der Waals surface area contributed by atoms with Gasteiger partial charge in [0.1, 0.15) is 14.4 Å². The minimum Gasteiger partial charge on any atom is -0.236 e. The van der Waals surface area contributed by atoms with Gasteiger partial charge in [0.2, 0.25) is 0 Å². The largest absolute Gasteiger partial charge is 0.236 e. The van der Waals surface area contributed by atoms with Gasteiger partial charge in [0.25, 0.3) is 0 Å². The van der Waals surface area contributed by atoms with E-state index in [0.29, 0.717) is 0 Å². The van der Waals surface area contributed by atoms with E-state index in [4.69, 9.17) is 9.97 Å². The molecule has 5 aromatic carbocycles. The number of hydrogen-bond acceptors (Lipinski definition) is 2. The zero-order valence-corrected chi connectivity index (χ0v) is 21.1. The Kier molecular flexibility index (Phi) is 4.43. The molecule has 0 unspecified atom stereocenters. The highest BCUT2D eigenvalue weighted by molar-refractivity contribution is 6.83. The molecule has 0 fully saturated rings. The Balaban J connectivity index is 1.86. The molecule has 3 heteroatoms. The number of aryl methyl sites for hydroxylation is 1. The van der Waals surface area contributed by atoms with E-state index < -0.39 is 8.07 Å². The van der Waals surface area contributed by atoms with Gasteiger partial charge in [0, 0.05) is 32.7 Å². The van der Waals surface area contributed by atoms with Gasteiger partial charge >= 0.3 is 0 Å². The number of nitrogens with zero attached hydrogens (tertiary/aromatic N) is 2. The molecule has 0 bridgehead atoms. The molecule has 0 aliphatic heterocycles. The number of aromatic nitrogens is 2. The zero-order chi connectivity index (χ0) is 23.6. The van der Waals surface area contributed by atoms with Crippen molar-refractivity contribution < 1.29 is 0 Å². The van der Waals surface area contributed by atoms with E-state index in [-0.39, 0.29) is 0 Å². The van der Waals surface area contributed by atoms with Crippen molar-refractivity contribution in [2.75, 3.05) is 0 Å². The molecule has 0 aliphatic carbocycles. The van der Waals surface area contributed by atoms with Crippen LogP contribution in [0.2, 0.25) is 19.6 Å². The molecule has 0 aliphatic rings. The minimum atomic E-state index is -1.47. The van der Waals surface area contributed by atoms with E-state index >= 15 is 0 Å². The molecule has 0 N–H and O–H groups in total. The minimum absolute atomic E-state index is 1.00. The Labute approximate surface area is 200 Å². The van der Waals surface area contributed by atoms with Crippen molar-refractivity contribution >= 4 is 62.2 Å². The summed E-state index contributed by atoms with van der Waals surface area (Å²) in [6, 6.07) is 17.6. The smallest absolute Gasteiger partial charge is 0.129 e. The maximum absolute atomic E-state index is 4.79. The summed E-state index contributed by atoms with van der Waals surface area (Å²) >= 11 is 0. The lowest BCUT2D eigenvalue weighted by atomic mass is 9.87. The number of fused-ring (bicyclic) bond motifs is 6. The first kappa shape index (κ1) is 20.7. The summed E-state index contributed by atoms with van der Waals surface area (Å²) in [4.78, 5) is 9.57. The van der Waals surface area contributed by atoms with Crippen LogP contribution >= 0.6 is 0 Å². The van der Waals surface area contributed by atoms with E-state index in [0.717, 1.165) is 38.3 Å². The fourth-order valence-electron chi connectivity index (χ4n) is 5.02. The van der Waals surface area contributed by atoms with Crippen LogP contribution in [-0.4, -0.2) is 18.0 Å². The lowest BCUT2D eigenvalue weighted by Gasteiger charge is -2.17. The van der Waals surface area contributed by atoms with Crippen LogP contribution in [0.15, 0.2) is 54.9 Å². The third-order valence-corrected chi connectivity index (χ3v) is 7.24. The van der Waals surface area contributed by atoms with Crippen LogP contribution in [0.3, 0.4) is 0 Å². The molecular weight excluding hydrogens is 428 g/mol. The highest BCUT2D eigenvalue weighted by Crippen LogP contribution is 2.44. The average Bonchev–Trinajstić information content (AvgIpc) is 2.81. The van der Waals surface area contributed by atoms with Gasteiger partial charge in [-0.15, -0.1) is 11.5 Å². The second-order valence-electron chi connectivity index (χ2n) is 10.1. The molecule has 0 amide bonds. The summed E-state index contributed by atoms with van der Waals surface area (Å²) in [6.07, 6.45) is 1.70. The van der Waals surface area contributed by atoms with Gasteiger partial charge in [-0.05, 0) is 65.2 Å². The summed E-state index contributed by atoms with van der Waals surface area (Å²) in [5.41, 5.74) is 8.84. The molecule has 0 atom stereocenters. The Bertz CT molecular complexity index is 1920. The third-order valence-electron chi connectivity index (χ3n) is 6.36. The molecule has 1 aromatic heterocycles. The van der Waals surface area contributed by atoms with E-state index in [2.05, 4.69) is 98.4 Å². The molecule has 1 heterocycles. The van der Waals surface area contributed by atoms with Gasteiger partial charge in [-0.25, -0.2) is 9.97 Å². The fraction of sp³-hybridized carbons (Fsp3) is 0.161. The highest BCUT2D eigenvalue weighted by Gasteiger charge is 2.19. The first-order valence-electron chi connectivity index (χ1n) is 11.6. The van der Waals surface area contributed by atoms with Gasteiger partial charge in [-0.3, -0.25) is 0 Å². The van der Waals surface area contributed by atoms with Crippen molar-refractivity contribution in [1.29, 1.82) is 0 Å². The van der Waals surface area contributed by atoms with Crippen molar-refractivity contribution in [2.24, 2.45) is 0 Å². The van der Waals surface area contributed by atoms with Crippen molar-refractivity contribution in [3.8, 4) is 23.3 Å². The summed E-state index contributed by atoms with van der Waals surface area (Å²) in [7, 11) is -1.47. The Morgan fingerprint density at radius 2 is 1.21 bits per heavy atom. The predicted octanol–water partition coefficient (Wildman–Crippen LogP) is 7.59. The second-order valence-corrected chi connectivity index (χ2v) is 14.8. The molecule has 6 rings (SSSR count). The van der Waals surface area contributed by atoms with Crippen LogP contribution in [0.25, 0.3) is 54.1 Å². The van der Waals surface area contributed by atoms with Gasteiger partial charge in [-0.1, -0.05) is 55.7 Å². The fourth-order valence-corrected chi connectivity index (χ4v) is 5.54. The molecule has 0 spiro atoms. The normalized spacial score (nSPS) is 11.8. The summed E-state index contributed by atoms with van der Waals surface area (Å²) in [5, 5.41) is 9.53. The first-order chi connectivity index (χ1) is 16.3. The van der Waals surface area contributed by atoms with Crippen LogP contribution in [0.5, 0.6) is 0 Å². The van der Waals surface area contributed by atoms with Crippen molar-refractivity contribution in [1.82, 2.24) is 9.97 Å². The van der Waals surface area contributed by atoms with E-state index in [1.807, 2.05) is 6.92 Å². The van der Waals surface area contributed by atoms with Crippen molar-refractivity contribution in [2.45, 2.75) is 33.5 Å². The standard InChI is InChI=1S/C31H24N2Si/c1-6-7-20-8-10-22-24(16-20)26-14-19(2)15-27-25-17-21(12-13-34(3,4)5)9-11-23(25)31-29(28(26)27)30(22)32-18-33-31/h8-11,14-18H,1-5H3. The van der Waals surface area contributed by atoms with E-state index in [1.54, 1.807) is 6.33 Å². The van der Waals surface area contributed by atoms with Crippen LogP contribution in [0.4, 0.5) is 0 Å². The third kappa shape index (κ3) is 3.13. The maximum atomic E-state index is 4.79. The van der Waals surface area contributed by atoms with Crippen molar-refractivity contribution in [3.05, 3.63) is 71.5 Å². The Morgan fingerprint density at radius 1 is 0.647 bits per heavy atom.